The van der Waals surface area contributed by atoms with Crippen LogP contribution in [0, 0.1) is 0 Å². The molecule has 1 unspecified atom stereocenters. The van der Waals surface area contributed by atoms with Crippen molar-refractivity contribution in [1.82, 2.24) is 0 Å². The molecule has 66 valence electrons. The van der Waals surface area contributed by atoms with Gasteiger partial charge in [0.1, 0.15) is 0 Å². The van der Waals surface area contributed by atoms with E-state index in [4.69, 9.17) is 4.52 Å². The Balaban J connectivity index is 3.30. The maximum Gasteiger partial charge on any atom is 0.213 e. The molecule has 0 N–H and O–H groups in total. The maximum absolute atomic E-state index is 11.0. The van der Waals surface area contributed by atoms with Crippen LogP contribution in [0.3, 0.4) is 0 Å². The van der Waals surface area contributed by atoms with Crippen LogP contribution in [0.25, 0.3) is 0 Å². The van der Waals surface area contributed by atoms with Crippen molar-refractivity contribution >= 4 is 8.03 Å². The lowest BCUT2D eigenvalue weighted by molar-refractivity contribution is 0.326. The van der Waals surface area contributed by atoms with Gasteiger partial charge in [0.25, 0.3) is 0 Å². The fraction of sp³-hybridized carbons (Fsp3) is 0.750. The molecule has 2 nitrogen and oxygen atoms in total. The van der Waals surface area contributed by atoms with Gasteiger partial charge in [-0.25, -0.2) is 0 Å². The molecule has 0 radical (unpaired) electrons. The van der Waals surface area contributed by atoms with Crippen LogP contribution in [0.4, 0.5) is 0 Å². The van der Waals surface area contributed by atoms with Crippen LogP contribution in [0.15, 0.2) is 11.9 Å². The number of allylic oxidation sites excluding steroid dienone is 1. The fourth-order valence-electron chi connectivity index (χ4n) is 0.579. The van der Waals surface area contributed by atoms with Crippen molar-refractivity contribution in [2.45, 2.75) is 33.1 Å². The van der Waals surface area contributed by atoms with Crippen LogP contribution in [0.2, 0.25) is 0 Å². The lowest BCUT2D eigenvalue weighted by Crippen LogP contribution is -1.82. The topological polar surface area (TPSA) is 26.3 Å². The number of hydrogen-bond donors (Lipinski definition) is 0. The minimum atomic E-state index is -1.86. The van der Waals surface area contributed by atoms with Crippen molar-refractivity contribution in [1.29, 1.82) is 0 Å². The quantitative estimate of drug-likeness (QED) is 0.459. The summed E-state index contributed by atoms with van der Waals surface area (Å²) in [5.74, 6) is 1.67. The Morgan fingerprint density at radius 1 is 1.45 bits per heavy atom. The molecule has 0 fully saturated rings. The number of rotatable bonds is 6. The van der Waals surface area contributed by atoms with Crippen molar-refractivity contribution in [3.63, 3.8) is 0 Å². The molecule has 0 aromatic heterocycles. The monoisotopic (exact) mass is 176 g/mol. The second-order valence-electron chi connectivity index (χ2n) is 2.33. The van der Waals surface area contributed by atoms with E-state index in [2.05, 4.69) is 6.92 Å². The third kappa shape index (κ3) is 7.83. The summed E-state index contributed by atoms with van der Waals surface area (Å²) in [5.41, 5.74) is 0. The highest BCUT2D eigenvalue weighted by molar-refractivity contribution is 7.42. The van der Waals surface area contributed by atoms with Gasteiger partial charge < -0.3 is 4.52 Å². The van der Waals surface area contributed by atoms with E-state index in [1.165, 1.54) is 0 Å². The van der Waals surface area contributed by atoms with E-state index in [-0.39, 0.29) is 0 Å². The third-order valence-electron chi connectivity index (χ3n) is 1.23. The van der Waals surface area contributed by atoms with Crippen LogP contribution in [-0.4, -0.2) is 6.61 Å². The average molecular weight is 176 g/mol. The highest BCUT2D eigenvalue weighted by atomic mass is 31.1. The third-order valence-corrected chi connectivity index (χ3v) is 2.23. The summed E-state index contributed by atoms with van der Waals surface area (Å²) in [5, 5.41) is 0. The average Bonchev–Trinajstić information content (AvgIpc) is 2.01. The Morgan fingerprint density at radius 2 is 2.18 bits per heavy atom. The normalized spacial score (nSPS) is 14.0. The zero-order valence-corrected chi connectivity index (χ0v) is 8.30. The summed E-state index contributed by atoms with van der Waals surface area (Å²) >= 11 is 0. The Kier molecular flexibility index (Phi) is 7.98. The van der Waals surface area contributed by atoms with Crippen LogP contribution in [0.5, 0.6) is 0 Å². The maximum atomic E-state index is 11.0. The Bertz CT molecular complexity index is 132. The van der Waals surface area contributed by atoms with Gasteiger partial charge in [-0.15, -0.1) is 0 Å². The predicted molar refractivity (Wildman–Crippen MR) is 49.3 cm³/mol. The van der Waals surface area contributed by atoms with E-state index >= 15 is 0 Å². The van der Waals surface area contributed by atoms with Gasteiger partial charge in [0, 0.05) is 0 Å². The zero-order valence-electron chi connectivity index (χ0n) is 7.30. The van der Waals surface area contributed by atoms with E-state index in [1.807, 2.05) is 13.0 Å². The summed E-state index contributed by atoms with van der Waals surface area (Å²) in [7, 11) is -1.86. The first-order valence-electron chi connectivity index (χ1n) is 4.14. The lowest BCUT2D eigenvalue weighted by atomic mass is 10.4. The molecular weight excluding hydrogens is 159 g/mol. The van der Waals surface area contributed by atoms with Crippen LogP contribution >= 0.6 is 8.03 Å². The second-order valence-corrected chi connectivity index (χ2v) is 3.59. The van der Waals surface area contributed by atoms with Gasteiger partial charge in [-0.3, -0.25) is 4.57 Å². The molecule has 0 amide bonds. The minimum absolute atomic E-state index is 0.627. The molecule has 0 bridgehead atoms. The molecule has 0 spiro atoms. The Morgan fingerprint density at radius 3 is 2.73 bits per heavy atom. The highest BCUT2D eigenvalue weighted by Crippen LogP contribution is 2.23. The van der Waals surface area contributed by atoms with Crippen molar-refractivity contribution in [2.75, 3.05) is 6.61 Å². The smallest absolute Gasteiger partial charge is 0.213 e. The van der Waals surface area contributed by atoms with E-state index in [0.717, 1.165) is 19.3 Å². The minimum Gasteiger partial charge on any atom is -0.328 e. The van der Waals surface area contributed by atoms with Gasteiger partial charge in [0.15, 0.2) is 0 Å². The number of unbranched alkanes of at least 4 members (excludes halogenated alkanes) is 1. The summed E-state index contributed by atoms with van der Waals surface area (Å²) < 4.78 is 16.0. The van der Waals surface area contributed by atoms with Crippen LogP contribution in [0.1, 0.15) is 33.1 Å². The van der Waals surface area contributed by atoms with Gasteiger partial charge in [-0.2, -0.15) is 0 Å². The van der Waals surface area contributed by atoms with Gasteiger partial charge in [-0.1, -0.05) is 26.3 Å². The van der Waals surface area contributed by atoms with Gasteiger partial charge in [-0.05, 0) is 18.7 Å². The van der Waals surface area contributed by atoms with Crippen LogP contribution < -0.4 is 0 Å². The SMILES string of the molecule is CCC=C[PH](=O)OCCCC. The molecule has 0 aliphatic heterocycles. The van der Waals surface area contributed by atoms with Gasteiger partial charge in [0.2, 0.25) is 8.03 Å². The van der Waals surface area contributed by atoms with E-state index in [9.17, 15) is 4.57 Å². The van der Waals surface area contributed by atoms with Gasteiger partial charge >= 0.3 is 0 Å². The molecule has 0 heterocycles. The Labute approximate surface area is 69.5 Å². The standard InChI is InChI=1S/C8H17O2P/c1-3-5-7-10-11(9)8-6-4-2/h6,8,11H,3-5,7H2,1-2H3. The van der Waals surface area contributed by atoms with Crippen molar-refractivity contribution < 1.29 is 9.09 Å². The first-order chi connectivity index (χ1) is 5.31. The summed E-state index contributed by atoms with van der Waals surface area (Å²) in [6, 6.07) is 0. The molecule has 0 saturated heterocycles. The molecule has 0 aromatic carbocycles. The van der Waals surface area contributed by atoms with E-state index in [0.29, 0.717) is 6.61 Å². The molecular formula is C8H17O2P. The fourth-order valence-corrected chi connectivity index (χ4v) is 1.45. The first-order valence-corrected chi connectivity index (χ1v) is 5.54. The molecule has 1 atom stereocenters. The molecule has 0 aliphatic carbocycles. The van der Waals surface area contributed by atoms with Crippen molar-refractivity contribution in [3.8, 4) is 0 Å². The van der Waals surface area contributed by atoms with Gasteiger partial charge in [0.05, 0.1) is 6.61 Å². The molecule has 0 aliphatic rings. The largest absolute Gasteiger partial charge is 0.328 e. The van der Waals surface area contributed by atoms with Crippen molar-refractivity contribution in [2.24, 2.45) is 0 Å². The zero-order chi connectivity index (χ0) is 8.53. The highest BCUT2D eigenvalue weighted by Gasteiger charge is 1.90. The van der Waals surface area contributed by atoms with Crippen LogP contribution in [-0.2, 0) is 9.09 Å². The van der Waals surface area contributed by atoms with E-state index < -0.39 is 8.03 Å². The Hall–Kier alpha value is -0.0700. The molecule has 0 aromatic rings. The summed E-state index contributed by atoms with van der Waals surface area (Å²) in [6.07, 6.45) is 4.89. The predicted octanol–water partition coefficient (Wildman–Crippen LogP) is 3.20. The molecule has 11 heavy (non-hydrogen) atoms. The molecule has 3 heteroatoms. The molecule has 0 saturated carbocycles. The molecule has 0 rings (SSSR count). The first kappa shape index (κ1) is 10.9. The van der Waals surface area contributed by atoms with Crippen molar-refractivity contribution in [3.05, 3.63) is 11.9 Å². The summed E-state index contributed by atoms with van der Waals surface area (Å²) in [4.78, 5) is 0. The summed E-state index contributed by atoms with van der Waals surface area (Å²) in [6.45, 7) is 4.72. The lowest BCUT2D eigenvalue weighted by Gasteiger charge is -1.97. The number of hydrogen-bond acceptors (Lipinski definition) is 2. The second kappa shape index (κ2) is 8.03. The van der Waals surface area contributed by atoms with E-state index in [1.54, 1.807) is 5.82 Å².